The van der Waals surface area contributed by atoms with E-state index in [0.717, 1.165) is 6.54 Å². The van der Waals surface area contributed by atoms with Crippen LogP contribution in [-0.4, -0.2) is 17.4 Å². The number of rotatable bonds is 1. The number of nitrogens with one attached hydrogen (secondary N) is 1. The molecule has 3 heteroatoms. The van der Waals surface area contributed by atoms with Crippen molar-refractivity contribution < 1.29 is 5.11 Å². The molecule has 1 atom stereocenters. The van der Waals surface area contributed by atoms with Gasteiger partial charge >= 0.3 is 0 Å². The molecule has 2 nitrogen and oxygen atoms in total. The van der Waals surface area contributed by atoms with Crippen LogP contribution >= 0.6 is 11.8 Å². The van der Waals surface area contributed by atoms with Crippen molar-refractivity contribution in [3.05, 3.63) is 29.8 Å². The molecule has 1 aliphatic rings. The maximum atomic E-state index is 9.31. The van der Waals surface area contributed by atoms with Gasteiger partial charge in [0.2, 0.25) is 0 Å². The van der Waals surface area contributed by atoms with Crippen molar-refractivity contribution in [3.63, 3.8) is 0 Å². The van der Waals surface area contributed by atoms with Gasteiger partial charge in [-0.25, -0.2) is 0 Å². The topological polar surface area (TPSA) is 32.3 Å². The van der Waals surface area contributed by atoms with E-state index in [1.54, 1.807) is 6.07 Å². The van der Waals surface area contributed by atoms with Gasteiger partial charge in [-0.3, -0.25) is 0 Å². The lowest BCUT2D eigenvalue weighted by atomic mass is 10.2. The molecule has 1 aliphatic heterocycles. The molecule has 1 heterocycles. The van der Waals surface area contributed by atoms with E-state index in [1.165, 1.54) is 17.7 Å². The third-order valence-corrected chi connectivity index (χ3v) is 3.40. The highest BCUT2D eigenvalue weighted by molar-refractivity contribution is 7.99. The van der Waals surface area contributed by atoms with E-state index in [-0.39, 0.29) is 0 Å². The fraction of sp³-hybridized carbons (Fsp3) is 0.400. The van der Waals surface area contributed by atoms with Crippen molar-refractivity contribution in [2.24, 2.45) is 0 Å². The second kappa shape index (κ2) is 4.03. The number of benzene rings is 1. The molecule has 0 aromatic heterocycles. The van der Waals surface area contributed by atoms with Crippen LogP contribution in [0.25, 0.3) is 0 Å². The fourth-order valence-corrected chi connectivity index (χ4v) is 2.59. The van der Waals surface area contributed by atoms with Gasteiger partial charge in [-0.2, -0.15) is 0 Å². The average Bonchev–Trinajstić information content (AvgIpc) is 2.19. The van der Waals surface area contributed by atoms with Gasteiger partial charge in [-0.1, -0.05) is 12.1 Å². The van der Waals surface area contributed by atoms with Crippen LogP contribution in [-0.2, 0) is 0 Å². The van der Waals surface area contributed by atoms with Crippen LogP contribution in [0, 0.1) is 0 Å². The summed E-state index contributed by atoms with van der Waals surface area (Å²) >= 11 is 1.90. The number of phenolic OH excluding ortho intramolecular Hbond substituents is 1. The molecular weight excluding hydrogens is 182 g/mol. The van der Waals surface area contributed by atoms with E-state index >= 15 is 0 Å². The normalized spacial score (nSPS) is 22.9. The van der Waals surface area contributed by atoms with Crippen molar-refractivity contribution in [1.29, 1.82) is 0 Å². The van der Waals surface area contributed by atoms with Crippen LogP contribution < -0.4 is 5.32 Å². The van der Waals surface area contributed by atoms with Crippen molar-refractivity contribution in [2.45, 2.75) is 11.8 Å². The number of hydrogen-bond acceptors (Lipinski definition) is 3. The second-order valence-electron chi connectivity index (χ2n) is 3.15. The molecule has 2 rings (SSSR count). The standard InChI is InChI=1S/C10H13NOS/c12-9-4-1-3-8(7-9)10-11-5-2-6-13-10/h1,3-4,7,10-12H,2,5-6H2. The first-order valence-corrected chi connectivity index (χ1v) is 5.55. The maximum absolute atomic E-state index is 9.31. The van der Waals surface area contributed by atoms with Gasteiger partial charge in [-0.05, 0) is 36.4 Å². The third kappa shape index (κ3) is 2.17. The fourth-order valence-electron chi connectivity index (χ4n) is 1.47. The van der Waals surface area contributed by atoms with E-state index in [4.69, 9.17) is 0 Å². The van der Waals surface area contributed by atoms with Crippen molar-refractivity contribution in [2.75, 3.05) is 12.3 Å². The van der Waals surface area contributed by atoms with Gasteiger partial charge in [-0.15, -0.1) is 11.8 Å². The van der Waals surface area contributed by atoms with Crippen molar-refractivity contribution in [3.8, 4) is 5.75 Å². The number of hydrogen-bond donors (Lipinski definition) is 2. The molecule has 1 aromatic carbocycles. The third-order valence-electron chi connectivity index (χ3n) is 2.11. The van der Waals surface area contributed by atoms with Crippen LogP contribution in [0.3, 0.4) is 0 Å². The van der Waals surface area contributed by atoms with E-state index < -0.39 is 0 Å². The van der Waals surface area contributed by atoms with Crippen LogP contribution in [0.2, 0.25) is 0 Å². The van der Waals surface area contributed by atoms with E-state index in [9.17, 15) is 5.11 Å². The van der Waals surface area contributed by atoms with E-state index in [1.807, 2.05) is 23.9 Å². The van der Waals surface area contributed by atoms with Crippen molar-refractivity contribution in [1.82, 2.24) is 5.32 Å². The Balaban J connectivity index is 2.14. The monoisotopic (exact) mass is 195 g/mol. The van der Waals surface area contributed by atoms with E-state index in [0.29, 0.717) is 11.1 Å². The molecule has 0 bridgehead atoms. The van der Waals surface area contributed by atoms with Gasteiger partial charge in [0, 0.05) is 0 Å². The number of thioether (sulfide) groups is 1. The Morgan fingerprint density at radius 1 is 1.46 bits per heavy atom. The lowest BCUT2D eigenvalue weighted by Crippen LogP contribution is -2.25. The highest BCUT2D eigenvalue weighted by atomic mass is 32.2. The Morgan fingerprint density at radius 2 is 2.38 bits per heavy atom. The number of phenols is 1. The number of aromatic hydroxyl groups is 1. The zero-order valence-electron chi connectivity index (χ0n) is 7.36. The summed E-state index contributed by atoms with van der Waals surface area (Å²) in [5.74, 6) is 1.55. The lowest BCUT2D eigenvalue weighted by molar-refractivity contribution is 0.474. The summed E-state index contributed by atoms with van der Waals surface area (Å²) in [6.07, 6.45) is 1.24. The van der Waals surface area contributed by atoms with Gasteiger partial charge in [0.25, 0.3) is 0 Å². The van der Waals surface area contributed by atoms with Gasteiger partial charge in [0.05, 0.1) is 5.37 Å². The van der Waals surface area contributed by atoms with Crippen LogP contribution in [0.15, 0.2) is 24.3 Å². The summed E-state index contributed by atoms with van der Waals surface area (Å²) in [6, 6.07) is 7.48. The van der Waals surface area contributed by atoms with Gasteiger partial charge < -0.3 is 10.4 Å². The van der Waals surface area contributed by atoms with Gasteiger partial charge in [0.15, 0.2) is 0 Å². The zero-order valence-corrected chi connectivity index (χ0v) is 8.18. The van der Waals surface area contributed by atoms with Crippen LogP contribution in [0.4, 0.5) is 0 Å². The minimum atomic E-state index is 0.352. The minimum absolute atomic E-state index is 0.352. The Kier molecular flexibility index (Phi) is 2.76. The molecule has 1 saturated heterocycles. The Morgan fingerprint density at radius 3 is 3.08 bits per heavy atom. The SMILES string of the molecule is Oc1cccc(C2NCCCS2)c1. The second-order valence-corrected chi connectivity index (χ2v) is 4.37. The zero-order chi connectivity index (χ0) is 9.10. The molecule has 0 aliphatic carbocycles. The summed E-state index contributed by atoms with van der Waals surface area (Å²) in [5.41, 5.74) is 1.17. The molecule has 0 spiro atoms. The molecule has 0 amide bonds. The summed E-state index contributed by atoms with van der Waals surface area (Å²) in [6.45, 7) is 1.08. The Labute approximate surface area is 82.4 Å². The molecule has 1 fully saturated rings. The Bertz CT molecular complexity index is 284. The molecule has 70 valence electrons. The molecule has 0 radical (unpaired) electrons. The first kappa shape index (κ1) is 8.91. The summed E-state index contributed by atoms with van der Waals surface area (Å²) in [5, 5.41) is 13.1. The van der Waals surface area contributed by atoms with E-state index in [2.05, 4.69) is 11.4 Å². The Hall–Kier alpha value is -0.670. The molecular formula is C10H13NOS. The van der Waals surface area contributed by atoms with Gasteiger partial charge in [0.1, 0.15) is 5.75 Å². The first-order valence-electron chi connectivity index (χ1n) is 4.50. The van der Waals surface area contributed by atoms with Crippen molar-refractivity contribution >= 4 is 11.8 Å². The molecule has 13 heavy (non-hydrogen) atoms. The predicted molar refractivity (Wildman–Crippen MR) is 55.9 cm³/mol. The smallest absolute Gasteiger partial charge is 0.115 e. The lowest BCUT2D eigenvalue weighted by Gasteiger charge is -2.23. The maximum Gasteiger partial charge on any atom is 0.115 e. The summed E-state index contributed by atoms with van der Waals surface area (Å²) < 4.78 is 0. The highest BCUT2D eigenvalue weighted by Crippen LogP contribution is 2.30. The quantitative estimate of drug-likeness (QED) is 0.720. The van der Waals surface area contributed by atoms with Crippen LogP contribution in [0.5, 0.6) is 5.75 Å². The first-order chi connectivity index (χ1) is 6.36. The van der Waals surface area contributed by atoms with Crippen LogP contribution in [0.1, 0.15) is 17.4 Å². The average molecular weight is 195 g/mol. The summed E-state index contributed by atoms with van der Waals surface area (Å²) in [4.78, 5) is 0. The molecule has 0 saturated carbocycles. The minimum Gasteiger partial charge on any atom is -0.508 e. The largest absolute Gasteiger partial charge is 0.508 e. The molecule has 2 N–H and O–H groups in total. The highest BCUT2D eigenvalue weighted by Gasteiger charge is 2.14. The molecule has 1 unspecified atom stereocenters. The molecule has 1 aromatic rings. The summed E-state index contributed by atoms with van der Waals surface area (Å²) in [7, 11) is 0. The predicted octanol–water partition coefficient (Wildman–Crippen LogP) is 2.12.